The minimum atomic E-state index is -0.628. The minimum absolute atomic E-state index is 0.0686. The Morgan fingerprint density at radius 3 is 2.48 bits per heavy atom. The summed E-state index contributed by atoms with van der Waals surface area (Å²) in [7, 11) is 3.58. The predicted molar refractivity (Wildman–Crippen MR) is 121 cm³/mol. The van der Waals surface area contributed by atoms with E-state index in [1.807, 2.05) is 24.3 Å². The first-order valence-corrected chi connectivity index (χ1v) is 10.5. The molecule has 1 aliphatic heterocycles. The molecule has 5 heteroatoms. The molecule has 1 atom stereocenters. The largest absolute Gasteiger partial charge is 0.348 e. The van der Waals surface area contributed by atoms with E-state index in [4.69, 9.17) is 0 Å². The van der Waals surface area contributed by atoms with Gasteiger partial charge < -0.3 is 9.80 Å². The SMILES string of the molecule is CN(C)C(=O)C1(Cc2cccc(-c3ccccc3)c2)CCN(C(=O)c2cccnc2)C1. The zero-order valence-electron chi connectivity index (χ0n) is 18.0. The average molecular weight is 414 g/mol. The zero-order chi connectivity index (χ0) is 21.8. The van der Waals surface area contributed by atoms with Gasteiger partial charge in [0, 0.05) is 39.6 Å². The summed E-state index contributed by atoms with van der Waals surface area (Å²) in [5, 5.41) is 0. The second-order valence-electron chi connectivity index (χ2n) is 8.44. The third-order valence-corrected chi connectivity index (χ3v) is 5.99. The van der Waals surface area contributed by atoms with Gasteiger partial charge in [0.05, 0.1) is 11.0 Å². The molecular formula is C26H27N3O2. The molecule has 0 spiro atoms. The number of hydrogen-bond acceptors (Lipinski definition) is 3. The highest BCUT2D eigenvalue weighted by molar-refractivity contribution is 5.95. The molecule has 4 rings (SSSR count). The summed E-state index contributed by atoms with van der Waals surface area (Å²) < 4.78 is 0. The van der Waals surface area contributed by atoms with Crippen molar-refractivity contribution in [3.8, 4) is 11.1 Å². The maximum absolute atomic E-state index is 13.3. The van der Waals surface area contributed by atoms with Crippen molar-refractivity contribution in [2.45, 2.75) is 12.8 Å². The molecule has 0 radical (unpaired) electrons. The van der Waals surface area contributed by atoms with Crippen LogP contribution in [0.3, 0.4) is 0 Å². The summed E-state index contributed by atoms with van der Waals surface area (Å²) >= 11 is 0. The molecule has 2 aromatic carbocycles. The molecule has 1 aliphatic rings. The number of carbonyl (C=O) groups excluding carboxylic acids is 2. The lowest BCUT2D eigenvalue weighted by Gasteiger charge is -2.31. The number of pyridine rings is 1. The summed E-state index contributed by atoms with van der Waals surface area (Å²) in [6, 6.07) is 22.1. The predicted octanol–water partition coefficient (Wildman–Crippen LogP) is 3.91. The number of rotatable bonds is 5. The highest BCUT2D eigenvalue weighted by Crippen LogP contribution is 2.37. The van der Waals surface area contributed by atoms with E-state index in [0.717, 1.165) is 16.7 Å². The lowest BCUT2D eigenvalue weighted by atomic mass is 9.79. The Hall–Kier alpha value is -3.47. The molecule has 2 amide bonds. The van der Waals surface area contributed by atoms with E-state index < -0.39 is 5.41 Å². The molecule has 0 N–H and O–H groups in total. The molecule has 1 unspecified atom stereocenters. The number of carbonyl (C=O) groups is 2. The van der Waals surface area contributed by atoms with Crippen molar-refractivity contribution in [1.29, 1.82) is 0 Å². The monoisotopic (exact) mass is 413 g/mol. The molecule has 1 saturated heterocycles. The summed E-state index contributed by atoms with van der Waals surface area (Å²) in [4.78, 5) is 33.8. The van der Waals surface area contributed by atoms with Crippen molar-refractivity contribution in [2.24, 2.45) is 5.41 Å². The van der Waals surface area contributed by atoms with Crippen LogP contribution in [0, 0.1) is 5.41 Å². The fraction of sp³-hybridized carbons (Fsp3) is 0.269. The van der Waals surface area contributed by atoms with E-state index in [0.29, 0.717) is 31.5 Å². The van der Waals surface area contributed by atoms with Gasteiger partial charge in [-0.05, 0) is 41.7 Å². The molecule has 5 nitrogen and oxygen atoms in total. The molecule has 0 saturated carbocycles. The third kappa shape index (κ3) is 4.36. The van der Waals surface area contributed by atoms with Gasteiger partial charge in [-0.3, -0.25) is 14.6 Å². The molecule has 2 heterocycles. The van der Waals surface area contributed by atoms with Crippen molar-refractivity contribution in [1.82, 2.24) is 14.8 Å². The van der Waals surface area contributed by atoms with Crippen LogP contribution >= 0.6 is 0 Å². The van der Waals surface area contributed by atoms with Crippen molar-refractivity contribution in [2.75, 3.05) is 27.2 Å². The van der Waals surface area contributed by atoms with Crippen LogP contribution < -0.4 is 0 Å². The van der Waals surface area contributed by atoms with E-state index in [1.165, 1.54) is 0 Å². The molecule has 3 aromatic rings. The first kappa shape index (κ1) is 20.8. The Kier molecular flexibility index (Phi) is 5.85. The number of likely N-dealkylation sites (tertiary alicyclic amines) is 1. The Balaban J connectivity index is 1.61. The van der Waals surface area contributed by atoms with Crippen LogP contribution in [0.4, 0.5) is 0 Å². The number of hydrogen-bond donors (Lipinski definition) is 0. The third-order valence-electron chi connectivity index (χ3n) is 5.99. The van der Waals surface area contributed by atoms with Gasteiger partial charge in [-0.1, -0.05) is 54.6 Å². The van der Waals surface area contributed by atoms with E-state index in [2.05, 4.69) is 35.3 Å². The van der Waals surface area contributed by atoms with Gasteiger partial charge in [0.15, 0.2) is 0 Å². The lowest BCUT2D eigenvalue weighted by molar-refractivity contribution is -0.138. The van der Waals surface area contributed by atoms with E-state index >= 15 is 0 Å². The van der Waals surface area contributed by atoms with Crippen LogP contribution in [-0.2, 0) is 11.2 Å². The second-order valence-corrected chi connectivity index (χ2v) is 8.44. The second kappa shape index (κ2) is 8.72. The van der Waals surface area contributed by atoms with Crippen molar-refractivity contribution in [3.63, 3.8) is 0 Å². The van der Waals surface area contributed by atoms with E-state index in [1.54, 1.807) is 48.4 Å². The maximum atomic E-state index is 13.3. The minimum Gasteiger partial charge on any atom is -0.348 e. The fourth-order valence-corrected chi connectivity index (χ4v) is 4.47. The van der Waals surface area contributed by atoms with Crippen LogP contribution in [0.2, 0.25) is 0 Å². The van der Waals surface area contributed by atoms with Gasteiger partial charge in [0.25, 0.3) is 5.91 Å². The zero-order valence-corrected chi connectivity index (χ0v) is 18.0. The van der Waals surface area contributed by atoms with Gasteiger partial charge in [-0.25, -0.2) is 0 Å². The number of aromatic nitrogens is 1. The number of amides is 2. The molecular weight excluding hydrogens is 386 g/mol. The van der Waals surface area contributed by atoms with Crippen LogP contribution in [0.5, 0.6) is 0 Å². The number of benzene rings is 2. The standard InChI is InChI=1S/C26H27N3O2/c1-28(2)25(31)26(13-15-29(19-26)24(30)23-12-7-14-27-18-23)17-20-8-6-11-22(16-20)21-9-4-3-5-10-21/h3-12,14,16,18H,13,15,17,19H2,1-2H3. The average Bonchev–Trinajstić information content (AvgIpc) is 3.24. The van der Waals surface area contributed by atoms with Gasteiger partial charge in [0.1, 0.15) is 0 Å². The number of nitrogens with zero attached hydrogens (tertiary/aromatic N) is 3. The summed E-state index contributed by atoms with van der Waals surface area (Å²) in [6.07, 6.45) is 4.48. The first-order chi connectivity index (χ1) is 15.0. The van der Waals surface area contributed by atoms with Gasteiger partial charge in [0.2, 0.25) is 5.91 Å². The fourth-order valence-electron chi connectivity index (χ4n) is 4.47. The topological polar surface area (TPSA) is 53.5 Å². The summed E-state index contributed by atoms with van der Waals surface area (Å²) in [5.74, 6) is -0.00123. The Morgan fingerprint density at radius 1 is 1.00 bits per heavy atom. The molecule has 0 bridgehead atoms. The van der Waals surface area contributed by atoms with Crippen molar-refractivity contribution in [3.05, 3.63) is 90.3 Å². The Labute approximate surface area is 183 Å². The van der Waals surface area contributed by atoms with Crippen molar-refractivity contribution >= 4 is 11.8 Å². The van der Waals surface area contributed by atoms with Crippen molar-refractivity contribution < 1.29 is 9.59 Å². The molecule has 158 valence electrons. The Bertz CT molecular complexity index is 1070. The van der Waals surface area contributed by atoms with Crippen LogP contribution in [-0.4, -0.2) is 53.8 Å². The maximum Gasteiger partial charge on any atom is 0.255 e. The van der Waals surface area contributed by atoms with E-state index in [-0.39, 0.29) is 11.8 Å². The molecule has 31 heavy (non-hydrogen) atoms. The highest BCUT2D eigenvalue weighted by Gasteiger charge is 2.46. The normalized spacial score (nSPS) is 18.1. The molecule has 1 aromatic heterocycles. The van der Waals surface area contributed by atoms with Gasteiger partial charge in [-0.15, -0.1) is 0 Å². The summed E-state index contributed by atoms with van der Waals surface area (Å²) in [5.41, 5.74) is 3.31. The molecule has 1 fully saturated rings. The van der Waals surface area contributed by atoms with Crippen LogP contribution in [0.15, 0.2) is 79.1 Å². The lowest BCUT2D eigenvalue weighted by Crippen LogP contribution is -2.44. The van der Waals surface area contributed by atoms with E-state index in [9.17, 15) is 9.59 Å². The smallest absolute Gasteiger partial charge is 0.255 e. The first-order valence-electron chi connectivity index (χ1n) is 10.5. The summed E-state index contributed by atoms with van der Waals surface area (Å²) in [6.45, 7) is 0.971. The van der Waals surface area contributed by atoms with Crippen LogP contribution in [0.1, 0.15) is 22.3 Å². The Morgan fingerprint density at radius 2 is 1.77 bits per heavy atom. The van der Waals surface area contributed by atoms with Gasteiger partial charge >= 0.3 is 0 Å². The molecule has 0 aliphatic carbocycles. The van der Waals surface area contributed by atoms with Crippen LogP contribution in [0.25, 0.3) is 11.1 Å². The quantitative estimate of drug-likeness (QED) is 0.637. The highest BCUT2D eigenvalue weighted by atomic mass is 16.2. The van der Waals surface area contributed by atoms with Gasteiger partial charge in [-0.2, -0.15) is 0 Å².